The Morgan fingerprint density at radius 1 is 1.15 bits per heavy atom. The second-order valence-electron chi connectivity index (χ2n) is 4.13. The number of hydrogen-bond donors (Lipinski definition) is 1. The molecule has 0 spiro atoms. The number of nitrogens with one attached hydrogen (secondary N) is 1. The molecule has 0 fully saturated rings. The first-order valence-corrected chi connectivity index (χ1v) is 6.44. The molecule has 2 heterocycles. The lowest BCUT2D eigenvalue weighted by molar-refractivity contribution is 0.101. The molecule has 6 heteroatoms. The van der Waals surface area contributed by atoms with E-state index in [1.54, 1.807) is 36.4 Å². The van der Waals surface area contributed by atoms with E-state index >= 15 is 0 Å². The van der Waals surface area contributed by atoms with Crippen LogP contribution in [0.5, 0.6) is 11.5 Å². The molecule has 0 saturated heterocycles. The number of amides is 1. The minimum absolute atomic E-state index is 0.317. The maximum absolute atomic E-state index is 12.3. The van der Waals surface area contributed by atoms with Crippen LogP contribution in [0.4, 0.5) is 5.82 Å². The SMILES string of the molecule is O=C(Nc1cccc(Cl)n1)c1cccc2c1OCCO2. The summed E-state index contributed by atoms with van der Waals surface area (Å²) in [6.07, 6.45) is 0. The molecule has 2 aromatic rings. The van der Waals surface area contributed by atoms with Gasteiger partial charge in [0.15, 0.2) is 11.5 Å². The standard InChI is InChI=1S/C14H11ClN2O3/c15-11-5-2-6-12(16-11)17-14(18)9-3-1-4-10-13(9)20-8-7-19-10/h1-6H,7-8H2,(H,16,17,18). The van der Waals surface area contributed by atoms with Crippen molar-refractivity contribution in [3.05, 3.63) is 47.1 Å². The van der Waals surface area contributed by atoms with Gasteiger partial charge in [-0.2, -0.15) is 0 Å². The van der Waals surface area contributed by atoms with Gasteiger partial charge in [-0.05, 0) is 24.3 Å². The lowest BCUT2D eigenvalue weighted by Gasteiger charge is -2.20. The second kappa shape index (κ2) is 5.38. The van der Waals surface area contributed by atoms with Crippen LogP contribution in [-0.2, 0) is 0 Å². The molecule has 0 atom stereocenters. The normalized spacial score (nSPS) is 12.8. The number of nitrogens with zero attached hydrogens (tertiary/aromatic N) is 1. The Bertz CT molecular complexity index is 661. The minimum atomic E-state index is -0.317. The summed E-state index contributed by atoms with van der Waals surface area (Å²) in [5.74, 6) is 1.10. The van der Waals surface area contributed by atoms with Crippen LogP contribution in [0.1, 0.15) is 10.4 Å². The Labute approximate surface area is 120 Å². The van der Waals surface area contributed by atoms with Crippen molar-refractivity contribution in [3.8, 4) is 11.5 Å². The molecular formula is C14H11ClN2O3. The largest absolute Gasteiger partial charge is 0.486 e. The van der Waals surface area contributed by atoms with Gasteiger partial charge >= 0.3 is 0 Å². The van der Waals surface area contributed by atoms with Crippen molar-refractivity contribution in [2.45, 2.75) is 0 Å². The molecule has 1 aliphatic heterocycles. The Hall–Kier alpha value is -2.27. The van der Waals surface area contributed by atoms with E-state index in [9.17, 15) is 4.79 Å². The van der Waals surface area contributed by atoms with Crippen LogP contribution in [-0.4, -0.2) is 24.1 Å². The molecule has 1 aromatic heterocycles. The molecule has 1 aliphatic rings. The lowest BCUT2D eigenvalue weighted by Crippen LogP contribution is -2.20. The molecule has 0 aliphatic carbocycles. The zero-order valence-electron chi connectivity index (χ0n) is 10.4. The number of benzene rings is 1. The topological polar surface area (TPSA) is 60.5 Å². The predicted molar refractivity (Wildman–Crippen MR) is 74.6 cm³/mol. The number of pyridine rings is 1. The van der Waals surface area contributed by atoms with Gasteiger partial charge in [0.05, 0.1) is 5.56 Å². The summed E-state index contributed by atoms with van der Waals surface area (Å²) in [6.45, 7) is 0.903. The third-order valence-corrected chi connectivity index (χ3v) is 2.98. The summed E-state index contributed by atoms with van der Waals surface area (Å²) in [6, 6.07) is 10.2. The average Bonchev–Trinajstić information content (AvgIpc) is 2.46. The molecule has 0 radical (unpaired) electrons. The van der Waals surface area contributed by atoms with Crippen molar-refractivity contribution < 1.29 is 14.3 Å². The van der Waals surface area contributed by atoms with E-state index in [-0.39, 0.29) is 5.91 Å². The van der Waals surface area contributed by atoms with Gasteiger partial charge in [0.25, 0.3) is 5.91 Å². The highest BCUT2D eigenvalue weighted by Crippen LogP contribution is 2.33. The number of fused-ring (bicyclic) bond motifs is 1. The summed E-state index contributed by atoms with van der Waals surface area (Å²) in [5, 5.41) is 3.00. The lowest BCUT2D eigenvalue weighted by atomic mass is 10.1. The first-order valence-electron chi connectivity index (χ1n) is 6.06. The number of para-hydroxylation sites is 1. The van der Waals surface area contributed by atoms with Gasteiger partial charge in [-0.25, -0.2) is 4.98 Å². The van der Waals surface area contributed by atoms with Crippen LogP contribution >= 0.6 is 11.6 Å². The number of ether oxygens (including phenoxy) is 2. The number of halogens is 1. The van der Waals surface area contributed by atoms with Gasteiger partial charge in [-0.3, -0.25) is 4.79 Å². The van der Waals surface area contributed by atoms with Crippen molar-refractivity contribution >= 4 is 23.3 Å². The van der Waals surface area contributed by atoms with Crippen molar-refractivity contribution in [1.29, 1.82) is 0 Å². The first-order chi connectivity index (χ1) is 9.74. The summed E-state index contributed by atoms with van der Waals surface area (Å²) in [5.41, 5.74) is 0.406. The Balaban J connectivity index is 1.88. The quantitative estimate of drug-likeness (QED) is 0.864. The summed E-state index contributed by atoms with van der Waals surface area (Å²) >= 11 is 5.78. The third-order valence-electron chi connectivity index (χ3n) is 2.77. The number of hydrogen-bond acceptors (Lipinski definition) is 4. The van der Waals surface area contributed by atoms with Gasteiger partial charge in [0, 0.05) is 0 Å². The number of rotatable bonds is 2. The zero-order valence-corrected chi connectivity index (χ0v) is 11.2. The van der Waals surface area contributed by atoms with Crippen LogP contribution in [0.25, 0.3) is 0 Å². The first kappa shape index (κ1) is 12.7. The van der Waals surface area contributed by atoms with Gasteiger partial charge in [-0.1, -0.05) is 23.7 Å². The highest BCUT2D eigenvalue weighted by atomic mass is 35.5. The monoisotopic (exact) mass is 290 g/mol. The summed E-state index contributed by atoms with van der Waals surface area (Å²) in [7, 11) is 0. The van der Waals surface area contributed by atoms with E-state index in [4.69, 9.17) is 21.1 Å². The number of carbonyl (C=O) groups is 1. The van der Waals surface area contributed by atoms with Gasteiger partial charge < -0.3 is 14.8 Å². The Morgan fingerprint density at radius 3 is 2.80 bits per heavy atom. The van der Waals surface area contributed by atoms with Crippen LogP contribution < -0.4 is 14.8 Å². The summed E-state index contributed by atoms with van der Waals surface area (Å²) < 4.78 is 10.9. The van der Waals surface area contributed by atoms with Crippen molar-refractivity contribution in [2.75, 3.05) is 18.5 Å². The van der Waals surface area contributed by atoms with E-state index in [1.165, 1.54) is 0 Å². The molecule has 102 valence electrons. The average molecular weight is 291 g/mol. The molecule has 1 N–H and O–H groups in total. The molecule has 0 bridgehead atoms. The van der Waals surface area contributed by atoms with Gasteiger partial charge in [0.1, 0.15) is 24.2 Å². The number of carbonyl (C=O) groups excluding carboxylic acids is 1. The second-order valence-corrected chi connectivity index (χ2v) is 4.52. The van der Waals surface area contributed by atoms with Gasteiger partial charge in [-0.15, -0.1) is 0 Å². The molecule has 0 unspecified atom stereocenters. The fourth-order valence-electron chi connectivity index (χ4n) is 1.91. The molecule has 3 rings (SSSR count). The van der Waals surface area contributed by atoms with Crippen LogP contribution in [0.15, 0.2) is 36.4 Å². The molecule has 5 nitrogen and oxygen atoms in total. The highest BCUT2D eigenvalue weighted by Gasteiger charge is 2.20. The highest BCUT2D eigenvalue weighted by molar-refractivity contribution is 6.29. The maximum atomic E-state index is 12.3. The molecular weight excluding hydrogens is 280 g/mol. The maximum Gasteiger partial charge on any atom is 0.260 e. The summed E-state index contributed by atoms with van der Waals surface area (Å²) in [4.78, 5) is 16.3. The number of aromatic nitrogens is 1. The van der Waals surface area contributed by atoms with E-state index in [1.807, 2.05) is 0 Å². The van der Waals surface area contributed by atoms with Crippen molar-refractivity contribution in [1.82, 2.24) is 4.98 Å². The fourth-order valence-corrected chi connectivity index (χ4v) is 2.08. The molecule has 0 saturated carbocycles. The Morgan fingerprint density at radius 2 is 1.95 bits per heavy atom. The van der Waals surface area contributed by atoms with Crippen LogP contribution in [0.2, 0.25) is 5.15 Å². The third kappa shape index (κ3) is 2.53. The predicted octanol–water partition coefficient (Wildman–Crippen LogP) is 2.76. The Kier molecular flexibility index (Phi) is 3.43. The van der Waals surface area contributed by atoms with E-state index < -0.39 is 0 Å². The van der Waals surface area contributed by atoms with Crippen LogP contribution in [0, 0.1) is 0 Å². The van der Waals surface area contributed by atoms with Crippen molar-refractivity contribution in [2.24, 2.45) is 0 Å². The fraction of sp³-hybridized carbons (Fsp3) is 0.143. The van der Waals surface area contributed by atoms with E-state index in [0.29, 0.717) is 41.2 Å². The van der Waals surface area contributed by atoms with Crippen LogP contribution in [0.3, 0.4) is 0 Å². The van der Waals surface area contributed by atoms with E-state index in [2.05, 4.69) is 10.3 Å². The number of anilines is 1. The zero-order chi connectivity index (χ0) is 13.9. The van der Waals surface area contributed by atoms with Gasteiger partial charge in [0.2, 0.25) is 0 Å². The van der Waals surface area contributed by atoms with E-state index in [0.717, 1.165) is 0 Å². The smallest absolute Gasteiger partial charge is 0.260 e. The molecule has 1 amide bonds. The molecule has 20 heavy (non-hydrogen) atoms. The van der Waals surface area contributed by atoms with Crippen molar-refractivity contribution in [3.63, 3.8) is 0 Å². The minimum Gasteiger partial charge on any atom is -0.486 e. The molecule has 1 aromatic carbocycles.